The van der Waals surface area contributed by atoms with E-state index in [1.807, 2.05) is 31.2 Å². The van der Waals surface area contributed by atoms with Gasteiger partial charge in [0.05, 0.1) is 13.2 Å². The average Bonchev–Trinajstić information content (AvgIpc) is 2.65. The van der Waals surface area contributed by atoms with Crippen LogP contribution >= 0.6 is 0 Å². The molecule has 0 saturated carbocycles. The monoisotopic (exact) mass is 376 g/mol. The highest BCUT2D eigenvalue weighted by atomic mass is 19.3. The zero-order valence-corrected chi connectivity index (χ0v) is 15.0. The first kappa shape index (κ1) is 18.9. The first-order chi connectivity index (χ1) is 13.0. The number of rotatable bonds is 7. The SMILES string of the molecule is CCOc1ccc(-c2ccc3c(F)c(OCC)c(OC(F)F)cc3c2)cc1. The Morgan fingerprint density at radius 1 is 0.852 bits per heavy atom. The van der Waals surface area contributed by atoms with Gasteiger partial charge in [-0.1, -0.05) is 24.3 Å². The Bertz CT molecular complexity index is 924. The normalized spacial score (nSPS) is 11.0. The van der Waals surface area contributed by atoms with E-state index in [1.54, 1.807) is 25.1 Å². The highest BCUT2D eigenvalue weighted by Crippen LogP contribution is 2.39. The molecule has 142 valence electrons. The van der Waals surface area contributed by atoms with Gasteiger partial charge in [-0.2, -0.15) is 8.78 Å². The van der Waals surface area contributed by atoms with E-state index in [0.717, 1.165) is 16.9 Å². The first-order valence-electron chi connectivity index (χ1n) is 8.60. The van der Waals surface area contributed by atoms with Crippen molar-refractivity contribution >= 4 is 10.8 Å². The highest BCUT2D eigenvalue weighted by molar-refractivity contribution is 5.90. The van der Waals surface area contributed by atoms with Gasteiger partial charge in [-0.15, -0.1) is 0 Å². The van der Waals surface area contributed by atoms with E-state index in [-0.39, 0.29) is 23.5 Å². The molecule has 0 aliphatic rings. The standard InChI is InChI=1S/C21H19F3O3/c1-3-25-16-8-5-13(6-9-16)14-7-10-17-15(11-14)12-18(27-21(23)24)20(19(17)22)26-4-2/h5-12,21H,3-4H2,1-2H3. The summed E-state index contributed by atoms with van der Waals surface area (Å²) < 4.78 is 55.2. The van der Waals surface area contributed by atoms with E-state index in [2.05, 4.69) is 4.74 Å². The summed E-state index contributed by atoms with van der Waals surface area (Å²) in [6.45, 7) is 1.18. The number of hydrogen-bond acceptors (Lipinski definition) is 3. The fourth-order valence-corrected chi connectivity index (χ4v) is 2.87. The first-order valence-corrected chi connectivity index (χ1v) is 8.60. The maximum absolute atomic E-state index is 14.8. The summed E-state index contributed by atoms with van der Waals surface area (Å²) in [7, 11) is 0. The Morgan fingerprint density at radius 3 is 2.15 bits per heavy atom. The molecular formula is C21H19F3O3. The molecule has 3 aromatic rings. The van der Waals surface area contributed by atoms with Gasteiger partial charge in [0.15, 0.2) is 17.3 Å². The molecule has 0 unspecified atom stereocenters. The van der Waals surface area contributed by atoms with Gasteiger partial charge >= 0.3 is 6.61 Å². The highest BCUT2D eigenvalue weighted by Gasteiger charge is 2.19. The summed E-state index contributed by atoms with van der Waals surface area (Å²) in [6, 6.07) is 13.9. The van der Waals surface area contributed by atoms with E-state index in [0.29, 0.717) is 12.0 Å². The topological polar surface area (TPSA) is 27.7 Å². The van der Waals surface area contributed by atoms with Crippen molar-refractivity contribution in [2.75, 3.05) is 13.2 Å². The van der Waals surface area contributed by atoms with E-state index in [1.165, 1.54) is 6.07 Å². The summed E-state index contributed by atoms with van der Waals surface area (Å²) in [4.78, 5) is 0. The maximum Gasteiger partial charge on any atom is 0.387 e. The number of fused-ring (bicyclic) bond motifs is 1. The quantitative estimate of drug-likeness (QED) is 0.503. The third-order valence-corrected chi connectivity index (χ3v) is 4.00. The second-order valence-corrected chi connectivity index (χ2v) is 5.72. The lowest BCUT2D eigenvalue weighted by atomic mass is 10.0. The zero-order chi connectivity index (χ0) is 19.4. The Kier molecular flexibility index (Phi) is 5.74. The number of benzene rings is 3. The molecule has 0 saturated heterocycles. The van der Waals surface area contributed by atoms with Crippen LogP contribution in [0.3, 0.4) is 0 Å². The van der Waals surface area contributed by atoms with Crippen LogP contribution in [0.25, 0.3) is 21.9 Å². The van der Waals surface area contributed by atoms with Crippen LogP contribution in [0.1, 0.15) is 13.8 Å². The second kappa shape index (κ2) is 8.20. The predicted molar refractivity (Wildman–Crippen MR) is 98.3 cm³/mol. The Balaban J connectivity index is 2.06. The van der Waals surface area contributed by atoms with Crippen LogP contribution in [0.2, 0.25) is 0 Å². The zero-order valence-electron chi connectivity index (χ0n) is 15.0. The molecule has 0 radical (unpaired) electrons. The molecule has 0 fully saturated rings. The minimum absolute atomic E-state index is 0.131. The molecule has 0 N–H and O–H groups in total. The van der Waals surface area contributed by atoms with Crippen LogP contribution in [-0.4, -0.2) is 19.8 Å². The predicted octanol–water partition coefficient (Wildman–Crippen LogP) is 6.04. The van der Waals surface area contributed by atoms with Gasteiger partial charge in [-0.3, -0.25) is 0 Å². The molecule has 0 aliphatic carbocycles. The lowest BCUT2D eigenvalue weighted by Gasteiger charge is -2.14. The summed E-state index contributed by atoms with van der Waals surface area (Å²) in [5.41, 5.74) is 1.71. The molecule has 0 atom stereocenters. The lowest BCUT2D eigenvalue weighted by Crippen LogP contribution is -2.06. The van der Waals surface area contributed by atoms with Crippen molar-refractivity contribution in [2.45, 2.75) is 20.5 Å². The molecule has 0 bridgehead atoms. The summed E-state index contributed by atoms with van der Waals surface area (Å²) in [6.07, 6.45) is 0. The van der Waals surface area contributed by atoms with Crippen molar-refractivity contribution in [3.8, 4) is 28.4 Å². The van der Waals surface area contributed by atoms with Crippen LogP contribution in [0, 0.1) is 5.82 Å². The molecule has 0 spiro atoms. The van der Waals surface area contributed by atoms with Gasteiger partial charge in [-0.25, -0.2) is 4.39 Å². The number of alkyl halides is 2. The Morgan fingerprint density at radius 2 is 1.52 bits per heavy atom. The van der Waals surface area contributed by atoms with E-state index >= 15 is 0 Å². The minimum Gasteiger partial charge on any atom is -0.494 e. The maximum atomic E-state index is 14.8. The molecule has 3 rings (SSSR count). The lowest BCUT2D eigenvalue weighted by molar-refractivity contribution is -0.0515. The second-order valence-electron chi connectivity index (χ2n) is 5.72. The fourth-order valence-electron chi connectivity index (χ4n) is 2.87. The largest absolute Gasteiger partial charge is 0.494 e. The van der Waals surface area contributed by atoms with E-state index in [9.17, 15) is 13.2 Å². The van der Waals surface area contributed by atoms with Gasteiger partial charge in [0.25, 0.3) is 0 Å². The summed E-state index contributed by atoms with van der Waals surface area (Å²) in [5.74, 6) is -0.592. The van der Waals surface area contributed by atoms with Crippen molar-refractivity contribution in [3.05, 3.63) is 54.3 Å². The number of ether oxygens (including phenoxy) is 3. The van der Waals surface area contributed by atoms with E-state index < -0.39 is 12.4 Å². The molecule has 6 heteroatoms. The summed E-state index contributed by atoms with van der Waals surface area (Å²) >= 11 is 0. The van der Waals surface area contributed by atoms with Crippen molar-refractivity contribution in [1.82, 2.24) is 0 Å². The van der Waals surface area contributed by atoms with Crippen LogP contribution < -0.4 is 14.2 Å². The molecule has 0 amide bonds. The third kappa shape index (κ3) is 4.10. The van der Waals surface area contributed by atoms with Gasteiger partial charge in [0, 0.05) is 5.39 Å². The van der Waals surface area contributed by atoms with Crippen LogP contribution in [0.5, 0.6) is 17.2 Å². The molecule has 3 nitrogen and oxygen atoms in total. The molecule has 0 aromatic heterocycles. The van der Waals surface area contributed by atoms with Gasteiger partial charge in [0.1, 0.15) is 5.75 Å². The fraction of sp³-hybridized carbons (Fsp3) is 0.238. The Hall–Kier alpha value is -2.89. The van der Waals surface area contributed by atoms with Gasteiger partial charge in [0.2, 0.25) is 0 Å². The number of hydrogen-bond donors (Lipinski definition) is 0. The molecule has 0 aliphatic heterocycles. The van der Waals surface area contributed by atoms with E-state index in [4.69, 9.17) is 9.47 Å². The van der Waals surface area contributed by atoms with Crippen molar-refractivity contribution in [3.63, 3.8) is 0 Å². The molecule has 3 aromatic carbocycles. The van der Waals surface area contributed by atoms with Crippen molar-refractivity contribution < 1.29 is 27.4 Å². The van der Waals surface area contributed by atoms with Crippen molar-refractivity contribution in [2.24, 2.45) is 0 Å². The van der Waals surface area contributed by atoms with Crippen LogP contribution in [-0.2, 0) is 0 Å². The van der Waals surface area contributed by atoms with Gasteiger partial charge in [-0.05, 0) is 54.6 Å². The van der Waals surface area contributed by atoms with Crippen molar-refractivity contribution in [1.29, 1.82) is 0 Å². The molecular weight excluding hydrogens is 357 g/mol. The van der Waals surface area contributed by atoms with Crippen LogP contribution in [0.4, 0.5) is 13.2 Å². The average molecular weight is 376 g/mol. The minimum atomic E-state index is -3.07. The number of halogens is 3. The Labute approximate surface area is 155 Å². The summed E-state index contributed by atoms with van der Waals surface area (Å²) in [5, 5.41) is 0.716. The van der Waals surface area contributed by atoms with Gasteiger partial charge < -0.3 is 14.2 Å². The third-order valence-electron chi connectivity index (χ3n) is 4.00. The molecule has 0 heterocycles. The smallest absolute Gasteiger partial charge is 0.387 e. The molecule has 27 heavy (non-hydrogen) atoms. The van der Waals surface area contributed by atoms with Crippen LogP contribution in [0.15, 0.2) is 48.5 Å².